The van der Waals surface area contributed by atoms with Gasteiger partial charge in [-0.05, 0) is 63.9 Å². The van der Waals surface area contributed by atoms with Gasteiger partial charge in [-0.15, -0.1) is 11.3 Å². The number of amides is 1. The average molecular weight is 516 g/mol. The molecule has 0 saturated carbocycles. The second kappa shape index (κ2) is 9.80. The van der Waals surface area contributed by atoms with Gasteiger partial charge in [0, 0.05) is 30.5 Å². The summed E-state index contributed by atoms with van der Waals surface area (Å²) in [7, 11) is 0. The second-order valence-electron chi connectivity index (χ2n) is 10.4. The van der Waals surface area contributed by atoms with Crippen molar-refractivity contribution < 1.29 is 18.3 Å². The fraction of sp³-hybridized carbons (Fsp3) is 0.500. The van der Waals surface area contributed by atoms with E-state index >= 15 is 0 Å². The first-order chi connectivity index (χ1) is 17.1. The van der Waals surface area contributed by atoms with E-state index in [0.717, 1.165) is 32.3 Å². The van der Waals surface area contributed by atoms with Crippen LogP contribution in [0.3, 0.4) is 0 Å². The quantitative estimate of drug-likeness (QED) is 0.505. The van der Waals surface area contributed by atoms with Gasteiger partial charge in [-0.1, -0.05) is 0 Å². The Labute approximate surface area is 213 Å². The zero-order chi connectivity index (χ0) is 25.4. The average Bonchev–Trinajstić information content (AvgIpc) is 3.45. The van der Waals surface area contributed by atoms with Crippen molar-refractivity contribution in [2.75, 3.05) is 36.0 Å². The number of piperidine rings is 1. The molecule has 2 aliphatic rings. The summed E-state index contributed by atoms with van der Waals surface area (Å²) >= 11 is 1.56. The number of carbonyl (C=O) groups is 1. The number of alkyl halides is 2. The molecule has 5 rings (SSSR count). The molecule has 1 N–H and O–H groups in total. The van der Waals surface area contributed by atoms with Crippen LogP contribution < -0.4 is 15.1 Å². The zero-order valence-electron chi connectivity index (χ0n) is 20.7. The number of fused-ring (bicyclic) bond motifs is 1. The molecule has 0 radical (unpaired) electrons. The van der Waals surface area contributed by atoms with Gasteiger partial charge in [0.2, 0.25) is 0 Å². The summed E-state index contributed by atoms with van der Waals surface area (Å²) in [6.07, 6.45) is 0.249. The zero-order valence-corrected chi connectivity index (χ0v) is 21.5. The molecule has 2 saturated heterocycles. The maximum Gasteiger partial charge on any atom is 0.407 e. The number of benzene rings is 1. The van der Waals surface area contributed by atoms with Gasteiger partial charge in [0.15, 0.2) is 0 Å². The molecule has 3 atom stereocenters. The number of pyridine rings is 1. The van der Waals surface area contributed by atoms with Crippen LogP contribution in [0.1, 0.15) is 33.6 Å². The third kappa shape index (κ3) is 5.53. The van der Waals surface area contributed by atoms with Crippen LogP contribution in [0.4, 0.5) is 25.1 Å². The number of alkyl carbamates (subject to hydrolysis) is 1. The molecule has 0 bridgehead atoms. The number of nitrogens with zero attached hydrogens (tertiary/aromatic N) is 4. The van der Waals surface area contributed by atoms with Crippen molar-refractivity contribution in [3.8, 4) is 10.6 Å². The molecule has 0 spiro atoms. The smallest absolute Gasteiger partial charge is 0.407 e. The molecule has 0 aliphatic carbocycles. The van der Waals surface area contributed by atoms with Crippen LogP contribution in [0.25, 0.3) is 20.8 Å². The molecule has 1 aromatic carbocycles. The molecule has 4 heterocycles. The Kier molecular flexibility index (Phi) is 6.72. The lowest BCUT2D eigenvalue weighted by Gasteiger charge is -2.36. The van der Waals surface area contributed by atoms with Crippen LogP contribution in [0.15, 0.2) is 36.5 Å². The Bertz CT molecular complexity index is 1230. The molecule has 2 fully saturated rings. The molecular weight excluding hydrogens is 484 g/mol. The van der Waals surface area contributed by atoms with E-state index in [1.165, 1.54) is 0 Å². The van der Waals surface area contributed by atoms with Crippen molar-refractivity contribution >= 4 is 39.2 Å². The van der Waals surface area contributed by atoms with E-state index in [-0.39, 0.29) is 6.54 Å². The summed E-state index contributed by atoms with van der Waals surface area (Å²) in [5, 5.41) is 3.53. The molecule has 10 heteroatoms. The number of anilines is 2. The molecule has 2 aliphatic heterocycles. The van der Waals surface area contributed by atoms with E-state index in [1.807, 2.05) is 40.1 Å². The van der Waals surface area contributed by atoms with Gasteiger partial charge in [0.1, 0.15) is 28.8 Å². The van der Waals surface area contributed by atoms with Crippen molar-refractivity contribution in [1.82, 2.24) is 15.3 Å². The van der Waals surface area contributed by atoms with Gasteiger partial charge < -0.3 is 19.9 Å². The molecule has 3 aromatic rings. The van der Waals surface area contributed by atoms with Crippen molar-refractivity contribution in [2.45, 2.75) is 57.6 Å². The van der Waals surface area contributed by atoms with Crippen molar-refractivity contribution in [3.63, 3.8) is 0 Å². The van der Waals surface area contributed by atoms with Gasteiger partial charge in [-0.25, -0.2) is 23.5 Å². The Morgan fingerprint density at radius 2 is 1.92 bits per heavy atom. The van der Waals surface area contributed by atoms with Gasteiger partial charge >= 0.3 is 6.09 Å². The number of halogens is 2. The molecule has 1 amide bonds. The predicted molar refractivity (Wildman–Crippen MR) is 139 cm³/mol. The highest BCUT2D eigenvalue weighted by molar-refractivity contribution is 7.21. The first-order valence-electron chi connectivity index (χ1n) is 12.3. The normalized spacial score (nSPS) is 22.8. The number of carbonyl (C=O) groups excluding carboxylic acids is 1. The summed E-state index contributed by atoms with van der Waals surface area (Å²) in [4.78, 5) is 25.3. The first kappa shape index (κ1) is 24.7. The number of ether oxygens (including phenoxy) is 1. The van der Waals surface area contributed by atoms with E-state index in [9.17, 15) is 13.6 Å². The minimum absolute atomic E-state index is 0.194. The molecule has 192 valence electrons. The van der Waals surface area contributed by atoms with E-state index in [4.69, 9.17) is 9.72 Å². The highest BCUT2D eigenvalue weighted by Crippen LogP contribution is 2.34. The lowest BCUT2D eigenvalue weighted by atomic mass is 10.0. The third-order valence-electron chi connectivity index (χ3n) is 6.43. The van der Waals surface area contributed by atoms with Crippen molar-refractivity contribution in [2.24, 2.45) is 0 Å². The first-order valence-corrected chi connectivity index (χ1v) is 13.1. The van der Waals surface area contributed by atoms with Crippen LogP contribution in [-0.4, -0.2) is 66.2 Å². The largest absolute Gasteiger partial charge is 0.444 e. The number of hydrogen-bond acceptors (Lipinski definition) is 7. The maximum atomic E-state index is 14.9. The Morgan fingerprint density at radius 3 is 2.58 bits per heavy atom. The maximum absolute atomic E-state index is 14.9. The van der Waals surface area contributed by atoms with Gasteiger partial charge in [0.05, 0.1) is 29.3 Å². The molecule has 36 heavy (non-hydrogen) atoms. The minimum atomic E-state index is -1.20. The van der Waals surface area contributed by atoms with E-state index in [2.05, 4.69) is 10.3 Å². The molecular formula is C26H31F2N5O2S. The second-order valence-corrected chi connectivity index (χ2v) is 11.4. The summed E-state index contributed by atoms with van der Waals surface area (Å²) in [5.74, 6) is 0.785. The summed E-state index contributed by atoms with van der Waals surface area (Å²) in [6, 6.07) is 9.28. The molecule has 7 nitrogen and oxygen atoms in total. The van der Waals surface area contributed by atoms with Crippen molar-refractivity contribution in [3.05, 3.63) is 36.5 Å². The van der Waals surface area contributed by atoms with Gasteiger partial charge in [-0.2, -0.15) is 0 Å². The van der Waals surface area contributed by atoms with Crippen molar-refractivity contribution in [1.29, 1.82) is 0 Å². The topological polar surface area (TPSA) is 70.6 Å². The fourth-order valence-corrected chi connectivity index (χ4v) is 5.61. The van der Waals surface area contributed by atoms with Crippen LogP contribution in [0, 0.1) is 0 Å². The SMILES string of the molecule is CC(C)(C)OC(=O)N[C@@H]1CCN(c2ccc3nc(-c4ccc(N5CC[C@@H](F)C5)nc4)sc3c2)C[C@@H]1F. The third-order valence-corrected chi connectivity index (χ3v) is 7.50. The van der Waals surface area contributed by atoms with Crippen LogP contribution >= 0.6 is 11.3 Å². The standard InChI is InChI=1S/C26H31F2N5O2S/c1-26(2,3)35-25(34)31-20-9-11-32(15-19(20)28)18-5-6-21-22(12-18)36-24(30-21)16-4-7-23(29-13-16)33-10-8-17(27)14-33/h4-7,12-13,17,19-20H,8-11,14-15H2,1-3H3,(H,31,34)/t17-,19+,20-/m1/s1. The molecule has 0 unspecified atom stereocenters. The number of thiazole rings is 1. The van der Waals surface area contributed by atoms with Gasteiger partial charge in [-0.3, -0.25) is 0 Å². The summed E-state index contributed by atoms with van der Waals surface area (Å²) in [5.41, 5.74) is 2.10. The van der Waals surface area contributed by atoms with Crippen LogP contribution in [0.5, 0.6) is 0 Å². The summed E-state index contributed by atoms with van der Waals surface area (Å²) < 4.78 is 34.7. The number of nitrogens with one attached hydrogen (secondary N) is 1. The van der Waals surface area contributed by atoms with Crippen LogP contribution in [-0.2, 0) is 4.74 Å². The highest BCUT2D eigenvalue weighted by atomic mass is 32.1. The van der Waals surface area contributed by atoms with E-state index in [1.54, 1.807) is 38.3 Å². The Hall–Kier alpha value is -3.01. The fourth-order valence-electron chi connectivity index (χ4n) is 4.62. The van der Waals surface area contributed by atoms with E-state index in [0.29, 0.717) is 32.5 Å². The minimum Gasteiger partial charge on any atom is -0.444 e. The molecule has 2 aromatic heterocycles. The number of rotatable bonds is 4. The van der Waals surface area contributed by atoms with Crippen LogP contribution in [0.2, 0.25) is 0 Å². The Balaban J connectivity index is 1.25. The predicted octanol–water partition coefficient (Wildman–Crippen LogP) is 5.35. The highest BCUT2D eigenvalue weighted by Gasteiger charge is 2.32. The lowest BCUT2D eigenvalue weighted by molar-refractivity contribution is 0.0463. The Morgan fingerprint density at radius 1 is 1.11 bits per heavy atom. The van der Waals surface area contributed by atoms with Gasteiger partial charge in [0.25, 0.3) is 0 Å². The number of aromatic nitrogens is 2. The summed E-state index contributed by atoms with van der Waals surface area (Å²) in [6.45, 7) is 7.25. The monoisotopic (exact) mass is 515 g/mol. The van der Waals surface area contributed by atoms with E-state index < -0.39 is 30.1 Å². The number of hydrogen-bond donors (Lipinski definition) is 1. The lowest BCUT2D eigenvalue weighted by Crippen LogP contribution is -2.53.